The number of benzene rings is 1. The van der Waals surface area contributed by atoms with Crippen LogP contribution in [-0.4, -0.2) is 10.6 Å². The Morgan fingerprint density at radius 2 is 1.81 bits per heavy atom. The van der Waals surface area contributed by atoms with Gasteiger partial charge in [0.05, 0.1) is 9.65 Å². The Labute approximate surface area is 114 Å². The van der Waals surface area contributed by atoms with Gasteiger partial charge in [-0.25, -0.2) is 0 Å². The molecule has 16 heavy (non-hydrogen) atoms. The summed E-state index contributed by atoms with van der Waals surface area (Å²) in [6, 6.07) is 9.99. The highest BCUT2D eigenvalue weighted by Crippen LogP contribution is 2.33. The molecular weight excluding hydrogens is 332 g/mol. The average molecular weight is 348 g/mol. The minimum absolute atomic E-state index is 0.0372. The lowest BCUT2D eigenvalue weighted by molar-refractivity contribution is -0.121. The molecular formula is C13H16Br2O. The molecule has 1 aromatic carbocycles. The minimum Gasteiger partial charge on any atom is -0.298 e. The van der Waals surface area contributed by atoms with Crippen molar-refractivity contribution in [2.75, 3.05) is 0 Å². The molecule has 3 atom stereocenters. The molecule has 1 rings (SSSR count). The number of halogens is 2. The lowest BCUT2D eigenvalue weighted by atomic mass is 9.97. The highest BCUT2D eigenvalue weighted by molar-refractivity contribution is 9.12. The van der Waals surface area contributed by atoms with Gasteiger partial charge in [-0.15, -0.1) is 0 Å². The van der Waals surface area contributed by atoms with Crippen molar-refractivity contribution in [3.05, 3.63) is 35.9 Å². The van der Waals surface area contributed by atoms with Crippen molar-refractivity contribution in [1.82, 2.24) is 0 Å². The monoisotopic (exact) mass is 346 g/mol. The Kier molecular flexibility index (Phi) is 5.70. The Bertz CT molecular complexity index is 337. The molecule has 0 aliphatic heterocycles. The molecule has 3 heteroatoms. The number of carbonyl (C=O) groups excluding carboxylic acids is 1. The number of ketones is 1. The molecule has 0 fully saturated rings. The average Bonchev–Trinajstić information content (AvgIpc) is 2.36. The maximum atomic E-state index is 12.0. The van der Waals surface area contributed by atoms with E-state index in [0.717, 1.165) is 12.0 Å². The molecule has 0 aliphatic carbocycles. The molecule has 0 saturated heterocycles. The van der Waals surface area contributed by atoms with Crippen LogP contribution in [-0.2, 0) is 4.79 Å². The van der Waals surface area contributed by atoms with Crippen molar-refractivity contribution < 1.29 is 4.79 Å². The fourth-order valence-electron chi connectivity index (χ4n) is 1.42. The zero-order valence-electron chi connectivity index (χ0n) is 9.49. The number of rotatable bonds is 5. The van der Waals surface area contributed by atoms with Gasteiger partial charge < -0.3 is 0 Å². The summed E-state index contributed by atoms with van der Waals surface area (Å²) in [7, 11) is 0. The Morgan fingerprint density at radius 3 is 2.31 bits per heavy atom. The quantitative estimate of drug-likeness (QED) is 0.716. The van der Waals surface area contributed by atoms with Gasteiger partial charge in [0.15, 0.2) is 5.78 Å². The van der Waals surface area contributed by atoms with Crippen LogP contribution in [0, 0.1) is 5.92 Å². The highest BCUT2D eigenvalue weighted by atomic mass is 79.9. The van der Waals surface area contributed by atoms with Crippen LogP contribution in [0.5, 0.6) is 0 Å². The van der Waals surface area contributed by atoms with Crippen LogP contribution in [0.25, 0.3) is 0 Å². The van der Waals surface area contributed by atoms with E-state index in [9.17, 15) is 4.79 Å². The smallest absolute Gasteiger partial charge is 0.150 e. The molecule has 0 spiro atoms. The lowest BCUT2D eigenvalue weighted by Crippen LogP contribution is -2.24. The van der Waals surface area contributed by atoms with E-state index in [-0.39, 0.29) is 21.4 Å². The zero-order valence-corrected chi connectivity index (χ0v) is 12.7. The topological polar surface area (TPSA) is 17.1 Å². The summed E-state index contributed by atoms with van der Waals surface area (Å²) in [4.78, 5) is 11.9. The van der Waals surface area contributed by atoms with E-state index in [1.807, 2.05) is 44.2 Å². The van der Waals surface area contributed by atoms with Gasteiger partial charge in [0.25, 0.3) is 0 Å². The Morgan fingerprint density at radius 1 is 1.25 bits per heavy atom. The fraction of sp³-hybridized carbons (Fsp3) is 0.462. The van der Waals surface area contributed by atoms with Crippen molar-refractivity contribution in [2.24, 2.45) is 5.92 Å². The summed E-state index contributed by atoms with van der Waals surface area (Å²) < 4.78 is 0. The van der Waals surface area contributed by atoms with E-state index in [1.54, 1.807) is 0 Å². The molecule has 0 aliphatic rings. The van der Waals surface area contributed by atoms with E-state index in [4.69, 9.17) is 0 Å². The molecule has 0 radical (unpaired) electrons. The Hall–Kier alpha value is -0.150. The molecule has 0 heterocycles. The van der Waals surface area contributed by atoms with Crippen molar-refractivity contribution >= 4 is 37.6 Å². The first kappa shape index (κ1) is 13.9. The molecule has 1 aromatic rings. The third-order valence-corrected chi connectivity index (χ3v) is 5.49. The first-order chi connectivity index (χ1) is 7.57. The van der Waals surface area contributed by atoms with Gasteiger partial charge in [0.1, 0.15) is 0 Å². The van der Waals surface area contributed by atoms with Gasteiger partial charge in [0, 0.05) is 5.92 Å². The second-order valence-corrected chi connectivity index (χ2v) is 5.90. The molecule has 88 valence electrons. The zero-order chi connectivity index (χ0) is 12.1. The SMILES string of the molecule is CC[C@H](C)C(=O)[C@@H](Br)[C@H](Br)c1ccccc1. The summed E-state index contributed by atoms with van der Waals surface area (Å²) in [6.07, 6.45) is 0.884. The third-order valence-electron chi connectivity index (χ3n) is 2.74. The first-order valence-electron chi connectivity index (χ1n) is 5.44. The van der Waals surface area contributed by atoms with Crippen molar-refractivity contribution in [1.29, 1.82) is 0 Å². The predicted octanol–water partition coefficient (Wildman–Crippen LogP) is 4.50. The van der Waals surface area contributed by atoms with E-state index >= 15 is 0 Å². The van der Waals surface area contributed by atoms with Crippen molar-refractivity contribution in [2.45, 2.75) is 29.9 Å². The van der Waals surface area contributed by atoms with Gasteiger partial charge in [-0.3, -0.25) is 4.79 Å². The van der Waals surface area contributed by atoms with Gasteiger partial charge in [-0.05, 0) is 12.0 Å². The van der Waals surface area contributed by atoms with Gasteiger partial charge in [-0.1, -0.05) is 76.0 Å². The van der Waals surface area contributed by atoms with Crippen LogP contribution in [0.3, 0.4) is 0 Å². The molecule has 0 saturated carbocycles. The molecule has 0 N–H and O–H groups in total. The summed E-state index contributed by atoms with van der Waals surface area (Å²) in [5, 5.41) is 0. The van der Waals surface area contributed by atoms with Crippen LogP contribution in [0.15, 0.2) is 30.3 Å². The molecule has 0 bridgehead atoms. The standard InChI is InChI=1S/C13H16Br2O/c1-3-9(2)13(16)12(15)11(14)10-7-5-4-6-8-10/h4-9,11-12H,3H2,1-2H3/t9-,11+,12-/m0/s1. The highest BCUT2D eigenvalue weighted by Gasteiger charge is 2.27. The largest absolute Gasteiger partial charge is 0.298 e. The number of hydrogen-bond donors (Lipinski definition) is 0. The van der Waals surface area contributed by atoms with Gasteiger partial charge >= 0.3 is 0 Å². The van der Waals surface area contributed by atoms with Crippen LogP contribution in [0.4, 0.5) is 0 Å². The molecule has 0 unspecified atom stereocenters. The third kappa shape index (κ3) is 3.42. The Balaban J connectivity index is 2.75. The van der Waals surface area contributed by atoms with Gasteiger partial charge in [-0.2, -0.15) is 0 Å². The van der Waals surface area contributed by atoms with Crippen LogP contribution in [0.2, 0.25) is 0 Å². The maximum Gasteiger partial charge on any atom is 0.150 e. The van der Waals surface area contributed by atoms with E-state index in [1.165, 1.54) is 0 Å². The van der Waals surface area contributed by atoms with E-state index in [2.05, 4.69) is 31.9 Å². The summed E-state index contributed by atoms with van der Waals surface area (Å²) in [6.45, 7) is 4.01. The summed E-state index contributed by atoms with van der Waals surface area (Å²) in [5.41, 5.74) is 1.13. The van der Waals surface area contributed by atoms with Crippen molar-refractivity contribution in [3.63, 3.8) is 0 Å². The second-order valence-electron chi connectivity index (χ2n) is 3.93. The van der Waals surface area contributed by atoms with E-state index in [0.29, 0.717) is 0 Å². The van der Waals surface area contributed by atoms with Crippen LogP contribution in [0.1, 0.15) is 30.7 Å². The number of hydrogen-bond acceptors (Lipinski definition) is 1. The van der Waals surface area contributed by atoms with Gasteiger partial charge in [0.2, 0.25) is 0 Å². The van der Waals surface area contributed by atoms with Crippen LogP contribution >= 0.6 is 31.9 Å². The second kappa shape index (κ2) is 6.55. The predicted molar refractivity (Wildman–Crippen MR) is 75.3 cm³/mol. The molecule has 1 nitrogen and oxygen atoms in total. The normalized spacial score (nSPS) is 16.5. The number of Topliss-reactive ketones (excluding diaryl/α,β-unsaturated/α-hetero) is 1. The van der Waals surface area contributed by atoms with E-state index < -0.39 is 0 Å². The van der Waals surface area contributed by atoms with Crippen molar-refractivity contribution in [3.8, 4) is 0 Å². The van der Waals surface area contributed by atoms with Crippen LogP contribution < -0.4 is 0 Å². The number of alkyl halides is 2. The summed E-state index contributed by atoms with van der Waals surface area (Å²) in [5.74, 6) is 0.362. The summed E-state index contributed by atoms with van der Waals surface area (Å²) >= 11 is 7.07. The fourth-order valence-corrected chi connectivity index (χ4v) is 2.75. The first-order valence-corrected chi connectivity index (χ1v) is 7.27. The molecule has 0 aromatic heterocycles. The number of carbonyl (C=O) groups is 1. The minimum atomic E-state index is -0.162. The maximum absolute atomic E-state index is 12.0. The lowest BCUT2D eigenvalue weighted by Gasteiger charge is -2.19. The molecule has 0 amide bonds.